The van der Waals surface area contributed by atoms with E-state index in [1.54, 1.807) is 11.8 Å². The fraction of sp³-hybridized carbons (Fsp3) is 0.909. The Bertz CT molecular complexity index is 218. The van der Waals surface area contributed by atoms with Gasteiger partial charge in [-0.3, -0.25) is 4.79 Å². The molecule has 0 rings (SSSR count). The summed E-state index contributed by atoms with van der Waals surface area (Å²) in [5.74, 6) is -0.0179. The molecule has 0 fully saturated rings. The number of carboxylic acid groups (broad SMARTS) is 1. The van der Waals surface area contributed by atoms with Gasteiger partial charge in [0, 0.05) is 17.0 Å². The minimum atomic E-state index is -0.930. The van der Waals surface area contributed by atoms with Crippen molar-refractivity contribution in [2.24, 2.45) is 5.73 Å². The summed E-state index contributed by atoms with van der Waals surface area (Å²) in [4.78, 5) is 13.1. The molecule has 0 bridgehead atoms. The second kappa shape index (κ2) is 7.14. The van der Waals surface area contributed by atoms with E-state index >= 15 is 0 Å². The van der Waals surface area contributed by atoms with E-state index in [1.807, 2.05) is 13.8 Å². The topological polar surface area (TPSA) is 66.6 Å². The van der Waals surface area contributed by atoms with Crippen LogP contribution in [0.15, 0.2) is 0 Å². The Balaban J connectivity index is 4.04. The zero-order chi connectivity index (χ0) is 12.8. The first-order chi connectivity index (χ1) is 7.35. The highest BCUT2D eigenvalue weighted by molar-refractivity contribution is 8.00. The summed E-state index contributed by atoms with van der Waals surface area (Å²) in [7, 11) is 0. The third-order valence-corrected chi connectivity index (χ3v) is 4.18. The Kier molecular flexibility index (Phi) is 7.03. The average molecular weight is 248 g/mol. The lowest BCUT2D eigenvalue weighted by atomic mass is 10.1. The summed E-state index contributed by atoms with van der Waals surface area (Å²) in [5.41, 5.74) is 5.64. The van der Waals surface area contributed by atoms with Gasteiger partial charge in [0.05, 0.1) is 0 Å². The first-order valence-electron chi connectivity index (χ1n) is 5.69. The molecule has 0 aliphatic rings. The van der Waals surface area contributed by atoms with E-state index in [2.05, 4.69) is 18.7 Å². The van der Waals surface area contributed by atoms with Crippen LogP contribution in [-0.2, 0) is 4.79 Å². The molecule has 0 saturated heterocycles. The zero-order valence-corrected chi connectivity index (χ0v) is 11.5. The lowest BCUT2D eigenvalue weighted by molar-refractivity contribution is -0.139. The van der Waals surface area contributed by atoms with Crippen molar-refractivity contribution in [2.45, 2.75) is 38.5 Å². The van der Waals surface area contributed by atoms with Crippen LogP contribution in [0, 0.1) is 0 Å². The minimum absolute atomic E-state index is 0.418. The van der Waals surface area contributed by atoms with Gasteiger partial charge in [-0.1, -0.05) is 13.8 Å². The zero-order valence-electron chi connectivity index (χ0n) is 10.7. The van der Waals surface area contributed by atoms with Crippen LogP contribution in [0.2, 0.25) is 0 Å². The van der Waals surface area contributed by atoms with Crippen LogP contribution in [0.1, 0.15) is 27.7 Å². The lowest BCUT2D eigenvalue weighted by Crippen LogP contribution is -2.47. The van der Waals surface area contributed by atoms with Gasteiger partial charge in [0.2, 0.25) is 0 Å². The van der Waals surface area contributed by atoms with E-state index in [0.29, 0.717) is 0 Å². The maximum absolute atomic E-state index is 10.8. The van der Waals surface area contributed by atoms with Crippen LogP contribution in [0.25, 0.3) is 0 Å². The molecule has 16 heavy (non-hydrogen) atoms. The van der Waals surface area contributed by atoms with E-state index in [-0.39, 0.29) is 0 Å². The maximum Gasteiger partial charge on any atom is 0.321 e. The van der Waals surface area contributed by atoms with Crippen molar-refractivity contribution in [3.8, 4) is 0 Å². The molecule has 0 aliphatic heterocycles. The van der Waals surface area contributed by atoms with E-state index in [4.69, 9.17) is 10.8 Å². The highest BCUT2D eigenvalue weighted by atomic mass is 32.2. The normalized spacial score (nSPS) is 14.1. The van der Waals surface area contributed by atoms with Crippen molar-refractivity contribution < 1.29 is 9.90 Å². The summed E-state index contributed by atoms with van der Waals surface area (Å²) in [6.07, 6.45) is 0. The number of carboxylic acids is 1. The number of nitrogens with two attached hydrogens (primary N) is 1. The van der Waals surface area contributed by atoms with Gasteiger partial charge in [0.25, 0.3) is 0 Å². The van der Waals surface area contributed by atoms with Crippen molar-refractivity contribution in [3.05, 3.63) is 0 Å². The first kappa shape index (κ1) is 15.7. The van der Waals surface area contributed by atoms with Crippen LogP contribution >= 0.6 is 11.8 Å². The molecule has 96 valence electrons. The van der Waals surface area contributed by atoms with Crippen LogP contribution in [0.4, 0.5) is 0 Å². The van der Waals surface area contributed by atoms with Gasteiger partial charge in [-0.2, -0.15) is 11.8 Å². The Hall–Kier alpha value is -0.260. The Morgan fingerprint density at radius 1 is 1.44 bits per heavy atom. The summed E-state index contributed by atoms with van der Waals surface area (Å²) in [6.45, 7) is 11.1. The Morgan fingerprint density at radius 3 is 2.31 bits per heavy atom. The van der Waals surface area contributed by atoms with Crippen LogP contribution in [0.5, 0.6) is 0 Å². The van der Waals surface area contributed by atoms with Crippen LogP contribution in [-0.4, -0.2) is 52.2 Å². The van der Waals surface area contributed by atoms with Crippen molar-refractivity contribution in [2.75, 3.05) is 25.4 Å². The van der Waals surface area contributed by atoms with Gasteiger partial charge in [-0.15, -0.1) is 0 Å². The highest BCUT2D eigenvalue weighted by Crippen LogP contribution is 2.27. The van der Waals surface area contributed by atoms with E-state index in [0.717, 1.165) is 25.4 Å². The van der Waals surface area contributed by atoms with Gasteiger partial charge >= 0.3 is 5.97 Å². The van der Waals surface area contributed by atoms with Crippen molar-refractivity contribution in [3.63, 3.8) is 0 Å². The number of carbonyl (C=O) groups is 1. The molecule has 0 aromatic heterocycles. The van der Waals surface area contributed by atoms with Gasteiger partial charge in [-0.05, 0) is 26.9 Å². The molecule has 0 unspecified atom stereocenters. The summed E-state index contributed by atoms with van der Waals surface area (Å²) < 4.78 is -0.418. The quantitative estimate of drug-likeness (QED) is 0.677. The molecule has 0 aromatic rings. The summed E-state index contributed by atoms with van der Waals surface area (Å²) in [6, 6.07) is -0.811. The Labute approximate surface area is 103 Å². The molecule has 0 aromatic carbocycles. The number of thioether (sulfide) groups is 1. The molecule has 0 saturated carbocycles. The summed E-state index contributed by atoms with van der Waals surface area (Å²) in [5, 5.41) is 8.87. The van der Waals surface area contributed by atoms with Crippen LogP contribution < -0.4 is 5.73 Å². The second-order valence-electron chi connectivity index (χ2n) is 4.29. The number of nitrogens with zero attached hydrogens (tertiary/aromatic N) is 1. The minimum Gasteiger partial charge on any atom is -0.480 e. The van der Waals surface area contributed by atoms with Crippen LogP contribution in [0.3, 0.4) is 0 Å². The molecular weight excluding hydrogens is 224 g/mol. The van der Waals surface area contributed by atoms with E-state index in [1.165, 1.54) is 0 Å². The van der Waals surface area contributed by atoms with Gasteiger partial charge < -0.3 is 15.7 Å². The second-order valence-corrected chi connectivity index (χ2v) is 6.04. The predicted octanol–water partition coefficient (Wildman–Crippen LogP) is 1.25. The SMILES string of the molecule is CCN(CC)CCSC(C)(C)[C@@H](N)C(=O)O. The third kappa shape index (κ3) is 5.18. The lowest BCUT2D eigenvalue weighted by Gasteiger charge is -2.29. The van der Waals surface area contributed by atoms with Gasteiger partial charge in [0.1, 0.15) is 6.04 Å². The molecule has 0 heterocycles. The third-order valence-electron chi connectivity index (χ3n) is 2.79. The largest absolute Gasteiger partial charge is 0.480 e. The molecular formula is C11H24N2O2S. The smallest absolute Gasteiger partial charge is 0.321 e. The van der Waals surface area contributed by atoms with Gasteiger partial charge in [0.15, 0.2) is 0 Å². The number of rotatable bonds is 8. The average Bonchev–Trinajstić information content (AvgIpc) is 2.23. The molecule has 0 radical (unpaired) electrons. The molecule has 0 amide bonds. The Morgan fingerprint density at radius 2 is 1.94 bits per heavy atom. The number of hydrogen-bond acceptors (Lipinski definition) is 4. The van der Waals surface area contributed by atoms with Gasteiger partial charge in [-0.25, -0.2) is 0 Å². The van der Waals surface area contributed by atoms with E-state index < -0.39 is 16.8 Å². The molecule has 0 spiro atoms. The predicted molar refractivity (Wildman–Crippen MR) is 69.9 cm³/mol. The molecule has 0 aliphatic carbocycles. The highest BCUT2D eigenvalue weighted by Gasteiger charge is 2.32. The maximum atomic E-state index is 10.8. The van der Waals surface area contributed by atoms with Crippen molar-refractivity contribution in [1.82, 2.24) is 4.90 Å². The monoisotopic (exact) mass is 248 g/mol. The standard InChI is InChI=1S/C11H24N2O2S/c1-5-13(6-2)7-8-16-11(3,4)9(12)10(14)15/h9H,5-8,12H2,1-4H3,(H,14,15)/t9-/m0/s1. The number of aliphatic carboxylic acids is 1. The molecule has 3 N–H and O–H groups in total. The van der Waals surface area contributed by atoms with Crippen molar-refractivity contribution in [1.29, 1.82) is 0 Å². The molecule has 1 atom stereocenters. The summed E-state index contributed by atoms with van der Waals surface area (Å²) >= 11 is 1.63. The fourth-order valence-corrected chi connectivity index (χ4v) is 2.52. The fourth-order valence-electron chi connectivity index (χ4n) is 1.36. The molecule has 4 nitrogen and oxygen atoms in total. The van der Waals surface area contributed by atoms with E-state index in [9.17, 15) is 4.79 Å². The molecule has 5 heteroatoms. The number of hydrogen-bond donors (Lipinski definition) is 2. The first-order valence-corrected chi connectivity index (χ1v) is 6.68. The van der Waals surface area contributed by atoms with Crippen molar-refractivity contribution >= 4 is 17.7 Å².